The Kier molecular flexibility index (Phi) is 6.08. The molecule has 8 heteroatoms. The lowest BCUT2D eigenvalue weighted by atomic mass is 10.2. The van der Waals surface area contributed by atoms with Crippen LogP contribution in [0, 0.1) is 12.7 Å². The van der Waals surface area contributed by atoms with E-state index in [4.69, 9.17) is 4.74 Å². The van der Waals surface area contributed by atoms with Crippen molar-refractivity contribution in [3.63, 3.8) is 0 Å². The molecular weight excluding hydrogens is 367 g/mol. The maximum atomic E-state index is 13.4. The number of aromatic nitrogens is 3. The molecule has 2 aromatic carbocycles. The van der Waals surface area contributed by atoms with Gasteiger partial charge in [0.05, 0.1) is 18.0 Å². The highest BCUT2D eigenvalue weighted by molar-refractivity contribution is 7.99. The first-order valence-electron chi connectivity index (χ1n) is 8.39. The fraction of sp³-hybridized carbons (Fsp3) is 0.211. The number of rotatable bonds is 7. The average Bonchev–Trinajstić information content (AvgIpc) is 3.12. The number of ether oxygens (including phenoxy) is 1. The van der Waals surface area contributed by atoms with Crippen molar-refractivity contribution < 1.29 is 13.9 Å². The normalized spacial score (nSPS) is 10.6. The third-order valence-electron chi connectivity index (χ3n) is 3.68. The van der Waals surface area contributed by atoms with Crippen LogP contribution in [0.5, 0.6) is 5.75 Å². The molecule has 0 aliphatic rings. The topological polar surface area (TPSA) is 69.0 Å². The minimum Gasteiger partial charge on any atom is -0.492 e. The van der Waals surface area contributed by atoms with Gasteiger partial charge in [0, 0.05) is 11.8 Å². The van der Waals surface area contributed by atoms with Gasteiger partial charge in [0.2, 0.25) is 5.91 Å². The van der Waals surface area contributed by atoms with Gasteiger partial charge < -0.3 is 10.1 Å². The van der Waals surface area contributed by atoms with Crippen LogP contribution in [0.15, 0.2) is 53.9 Å². The van der Waals surface area contributed by atoms with Crippen LogP contribution in [0.1, 0.15) is 12.5 Å². The number of hydrogen-bond donors (Lipinski definition) is 1. The molecule has 0 saturated carbocycles. The quantitative estimate of drug-likeness (QED) is 0.625. The van der Waals surface area contributed by atoms with Crippen LogP contribution in [-0.2, 0) is 4.79 Å². The van der Waals surface area contributed by atoms with Crippen molar-refractivity contribution in [1.82, 2.24) is 14.8 Å². The minimum atomic E-state index is -0.419. The lowest BCUT2D eigenvalue weighted by Crippen LogP contribution is -2.15. The summed E-state index contributed by atoms with van der Waals surface area (Å²) in [5.74, 6) is -0.227. The Labute approximate surface area is 160 Å². The summed E-state index contributed by atoms with van der Waals surface area (Å²) in [5, 5.41) is 11.4. The van der Waals surface area contributed by atoms with E-state index >= 15 is 0 Å². The smallest absolute Gasteiger partial charge is 0.234 e. The summed E-state index contributed by atoms with van der Waals surface area (Å²) < 4.78 is 20.5. The van der Waals surface area contributed by atoms with Crippen LogP contribution < -0.4 is 10.1 Å². The Morgan fingerprint density at radius 2 is 2.04 bits per heavy atom. The van der Waals surface area contributed by atoms with E-state index < -0.39 is 5.82 Å². The van der Waals surface area contributed by atoms with Crippen molar-refractivity contribution in [2.45, 2.75) is 19.0 Å². The van der Waals surface area contributed by atoms with Crippen molar-refractivity contribution in [1.29, 1.82) is 0 Å². The number of carbonyl (C=O) groups is 1. The number of halogens is 1. The number of nitrogens with one attached hydrogen (secondary N) is 1. The van der Waals surface area contributed by atoms with Crippen LogP contribution in [0.25, 0.3) is 5.69 Å². The second-order valence-electron chi connectivity index (χ2n) is 5.73. The molecule has 0 atom stereocenters. The van der Waals surface area contributed by atoms with E-state index in [0.717, 1.165) is 11.3 Å². The highest BCUT2D eigenvalue weighted by atomic mass is 32.2. The monoisotopic (exact) mass is 386 g/mol. The van der Waals surface area contributed by atoms with Crippen LogP contribution in [0.3, 0.4) is 0 Å². The SMILES string of the molecule is CCOc1cc(F)ccc1NC(=O)CSc1nncn1-c1ccc(C)cc1. The van der Waals surface area contributed by atoms with Crippen molar-refractivity contribution >= 4 is 23.4 Å². The molecule has 0 aliphatic carbocycles. The zero-order chi connectivity index (χ0) is 19.2. The predicted octanol–water partition coefficient (Wildman–Crippen LogP) is 3.84. The highest BCUT2D eigenvalue weighted by Gasteiger charge is 2.13. The van der Waals surface area contributed by atoms with E-state index in [1.54, 1.807) is 13.3 Å². The zero-order valence-corrected chi connectivity index (χ0v) is 15.8. The molecule has 3 aromatic rings. The number of anilines is 1. The van der Waals surface area contributed by atoms with Crippen LogP contribution in [0.2, 0.25) is 0 Å². The first-order chi connectivity index (χ1) is 13.1. The third kappa shape index (κ3) is 4.85. The number of hydrogen-bond acceptors (Lipinski definition) is 5. The summed E-state index contributed by atoms with van der Waals surface area (Å²) >= 11 is 1.26. The summed E-state index contributed by atoms with van der Waals surface area (Å²) in [6.45, 7) is 4.19. The van der Waals surface area contributed by atoms with Gasteiger partial charge in [0.1, 0.15) is 17.9 Å². The molecule has 0 spiro atoms. The molecule has 0 unspecified atom stereocenters. The number of aryl methyl sites for hydroxylation is 1. The Hall–Kier alpha value is -2.87. The van der Waals surface area contributed by atoms with Crippen molar-refractivity contribution in [2.24, 2.45) is 0 Å². The van der Waals surface area contributed by atoms with E-state index in [0.29, 0.717) is 23.2 Å². The van der Waals surface area contributed by atoms with Crippen LogP contribution in [-0.4, -0.2) is 33.0 Å². The van der Waals surface area contributed by atoms with Gasteiger partial charge >= 0.3 is 0 Å². The Balaban J connectivity index is 1.65. The molecule has 0 bridgehead atoms. The number of carbonyl (C=O) groups excluding carboxylic acids is 1. The van der Waals surface area contributed by atoms with Gasteiger partial charge in [0.15, 0.2) is 5.16 Å². The lowest BCUT2D eigenvalue weighted by Gasteiger charge is -2.11. The van der Waals surface area contributed by atoms with E-state index in [2.05, 4.69) is 15.5 Å². The average molecular weight is 386 g/mol. The Morgan fingerprint density at radius 3 is 2.78 bits per heavy atom. The number of thioether (sulfide) groups is 1. The zero-order valence-electron chi connectivity index (χ0n) is 15.0. The molecule has 0 saturated heterocycles. The highest BCUT2D eigenvalue weighted by Crippen LogP contribution is 2.26. The van der Waals surface area contributed by atoms with E-state index in [1.165, 1.54) is 30.0 Å². The summed E-state index contributed by atoms with van der Waals surface area (Å²) in [5.41, 5.74) is 2.51. The molecule has 1 N–H and O–H groups in total. The number of nitrogens with zero attached hydrogens (tertiary/aromatic N) is 3. The Bertz CT molecular complexity index is 928. The van der Waals surface area contributed by atoms with Crippen LogP contribution >= 0.6 is 11.8 Å². The van der Waals surface area contributed by atoms with Gasteiger partial charge in [-0.3, -0.25) is 9.36 Å². The van der Waals surface area contributed by atoms with E-state index in [-0.39, 0.29) is 11.7 Å². The lowest BCUT2D eigenvalue weighted by molar-refractivity contribution is -0.113. The molecule has 140 valence electrons. The number of amides is 1. The molecule has 1 heterocycles. The number of benzene rings is 2. The summed E-state index contributed by atoms with van der Waals surface area (Å²) in [4.78, 5) is 12.3. The maximum absolute atomic E-state index is 13.4. The van der Waals surface area contributed by atoms with Gasteiger partial charge in [-0.15, -0.1) is 10.2 Å². The molecular formula is C19H19FN4O2S. The standard InChI is InChI=1S/C19H19FN4O2S/c1-3-26-17-10-14(20)6-9-16(17)22-18(25)11-27-19-23-21-12-24(19)15-7-4-13(2)5-8-15/h4-10,12H,3,11H2,1-2H3,(H,22,25). The molecule has 6 nitrogen and oxygen atoms in total. The fourth-order valence-electron chi connectivity index (χ4n) is 2.40. The molecule has 1 aromatic heterocycles. The first-order valence-corrected chi connectivity index (χ1v) is 9.37. The molecule has 1 amide bonds. The first kappa shape index (κ1) is 18.9. The summed E-state index contributed by atoms with van der Waals surface area (Å²) in [7, 11) is 0. The minimum absolute atomic E-state index is 0.132. The second kappa shape index (κ2) is 8.68. The third-order valence-corrected chi connectivity index (χ3v) is 4.62. The molecule has 0 aliphatic heterocycles. The van der Waals surface area contributed by atoms with Gasteiger partial charge in [0.25, 0.3) is 0 Å². The van der Waals surface area contributed by atoms with Gasteiger partial charge in [-0.05, 0) is 38.1 Å². The fourth-order valence-corrected chi connectivity index (χ4v) is 3.12. The van der Waals surface area contributed by atoms with Crippen molar-refractivity contribution in [3.05, 3.63) is 60.2 Å². The summed E-state index contributed by atoms with van der Waals surface area (Å²) in [6, 6.07) is 11.9. The predicted molar refractivity (Wildman–Crippen MR) is 103 cm³/mol. The van der Waals surface area contributed by atoms with Crippen molar-refractivity contribution in [3.8, 4) is 11.4 Å². The Morgan fingerprint density at radius 1 is 1.26 bits per heavy atom. The van der Waals surface area contributed by atoms with Crippen molar-refractivity contribution in [2.75, 3.05) is 17.7 Å². The molecule has 0 fully saturated rings. The molecule has 27 heavy (non-hydrogen) atoms. The van der Waals surface area contributed by atoms with Gasteiger partial charge in [-0.1, -0.05) is 29.5 Å². The van der Waals surface area contributed by atoms with Gasteiger partial charge in [-0.2, -0.15) is 0 Å². The van der Waals surface area contributed by atoms with E-state index in [9.17, 15) is 9.18 Å². The summed E-state index contributed by atoms with van der Waals surface area (Å²) in [6.07, 6.45) is 1.61. The van der Waals surface area contributed by atoms with Gasteiger partial charge in [-0.25, -0.2) is 4.39 Å². The van der Waals surface area contributed by atoms with Crippen LogP contribution in [0.4, 0.5) is 10.1 Å². The molecule has 0 radical (unpaired) electrons. The van der Waals surface area contributed by atoms with E-state index in [1.807, 2.05) is 35.8 Å². The second-order valence-corrected chi connectivity index (χ2v) is 6.67. The maximum Gasteiger partial charge on any atom is 0.234 e. The largest absolute Gasteiger partial charge is 0.492 e. The molecule has 3 rings (SSSR count).